The van der Waals surface area contributed by atoms with E-state index in [0.29, 0.717) is 0 Å². The molecule has 0 saturated carbocycles. The van der Waals surface area contributed by atoms with E-state index in [-0.39, 0.29) is 0 Å². The van der Waals surface area contributed by atoms with Crippen molar-refractivity contribution in [2.75, 3.05) is 0 Å². The van der Waals surface area contributed by atoms with Crippen molar-refractivity contribution in [2.45, 2.75) is 162 Å². The van der Waals surface area contributed by atoms with Crippen LogP contribution in [0, 0.1) is 0 Å². The molecule has 0 amide bonds. The van der Waals surface area contributed by atoms with Gasteiger partial charge in [0.15, 0.2) is 0 Å². The van der Waals surface area contributed by atoms with Crippen molar-refractivity contribution >= 4 is 0 Å². The molecule has 0 aromatic carbocycles. The van der Waals surface area contributed by atoms with E-state index in [9.17, 15) is 0 Å². The van der Waals surface area contributed by atoms with Crippen molar-refractivity contribution < 1.29 is 4.57 Å². The minimum absolute atomic E-state index is 1.21. The number of hydrogen-bond acceptors (Lipinski definition) is 0. The molecule has 0 N–H and O–H groups in total. The lowest BCUT2D eigenvalue weighted by molar-refractivity contribution is -0.704. The third-order valence-electron chi connectivity index (χ3n) is 6.57. The number of nitrogens with zero attached hydrogens (tertiary/aromatic N) is 2. The van der Waals surface area contributed by atoms with Crippen LogP contribution in [-0.4, -0.2) is 4.57 Å². The number of unbranched alkanes of at least 4 members (excludes halogenated alkanes) is 16. The molecule has 0 radical (unpaired) electrons. The van der Waals surface area contributed by atoms with E-state index in [1.807, 2.05) is 0 Å². The minimum atomic E-state index is 1.21. The molecule has 0 unspecified atom stereocenters. The number of rotatable bonds is 22. The van der Waals surface area contributed by atoms with Crippen LogP contribution >= 0.6 is 0 Å². The maximum atomic E-state index is 2.55. The Bertz CT molecular complexity index is 477. The lowest BCUT2D eigenvalue weighted by Crippen LogP contribution is -2.37. The van der Waals surface area contributed by atoms with Gasteiger partial charge in [-0.25, -0.2) is 9.13 Å². The second-order valence-electron chi connectivity index (χ2n) is 9.51. The van der Waals surface area contributed by atoms with Crippen LogP contribution in [0.4, 0.5) is 0 Å². The summed E-state index contributed by atoms with van der Waals surface area (Å²) in [4.78, 5) is 0. The summed E-state index contributed by atoms with van der Waals surface area (Å²) in [5.74, 6) is 1.56. The molecular formula is C28H55N2+. The molecule has 0 bridgehead atoms. The van der Waals surface area contributed by atoms with E-state index in [2.05, 4.69) is 42.3 Å². The van der Waals surface area contributed by atoms with Gasteiger partial charge in [-0.05, 0) is 32.1 Å². The number of imidazole rings is 1. The van der Waals surface area contributed by atoms with Crippen molar-refractivity contribution in [3.63, 3.8) is 0 Å². The van der Waals surface area contributed by atoms with Crippen LogP contribution in [0.1, 0.15) is 149 Å². The average molecular weight is 420 g/mol. The van der Waals surface area contributed by atoms with Crippen LogP contribution in [0.25, 0.3) is 0 Å². The first-order valence-corrected chi connectivity index (χ1v) is 13.9. The maximum absolute atomic E-state index is 2.55. The molecule has 0 atom stereocenters. The van der Waals surface area contributed by atoms with Crippen LogP contribution in [-0.2, 0) is 19.5 Å². The standard InChI is InChI=1S/C28H55N2/c1-4-7-9-11-12-13-14-15-16-17-18-19-20-22-25-30-27-26-29(28(30)23-6-3)24-21-10-8-5-2/h26-27H,4-25H2,1-3H3/q+1. The zero-order valence-electron chi connectivity index (χ0n) is 21.1. The number of aryl methyl sites for hydroxylation is 2. The Balaban J connectivity index is 2.04. The molecule has 0 aliphatic heterocycles. The van der Waals surface area contributed by atoms with Gasteiger partial charge in [0, 0.05) is 6.42 Å². The van der Waals surface area contributed by atoms with Gasteiger partial charge in [-0.15, -0.1) is 0 Å². The number of hydrogen-bond donors (Lipinski definition) is 0. The summed E-state index contributed by atoms with van der Waals surface area (Å²) in [5, 5.41) is 0. The van der Waals surface area contributed by atoms with Crippen molar-refractivity contribution in [1.29, 1.82) is 0 Å². The van der Waals surface area contributed by atoms with E-state index in [1.165, 1.54) is 142 Å². The van der Waals surface area contributed by atoms with E-state index < -0.39 is 0 Å². The van der Waals surface area contributed by atoms with Gasteiger partial charge in [0.25, 0.3) is 5.82 Å². The molecule has 0 aliphatic rings. The summed E-state index contributed by atoms with van der Waals surface area (Å²) < 4.78 is 5.08. The predicted molar refractivity (Wildman–Crippen MR) is 133 cm³/mol. The van der Waals surface area contributed by atoms with Crippen LogP contribution in [0.2, 0.25) is 0 Å². The van der Waals surface area contributed by atoms with Gasteiger partial charge >= 0.3 is 0 Å². The highest BCUT2D eigenvalue weighted by Gasteiger charge is 2.15. The fourth-order valence-corrected chi connectivity index (χ4v) is 4.60. The number of aromatic nitrogens is 2. The molecule has 30 heavy (non-hydrogen) atoms. The lowest BCUT2D eigenvalue weighted by atomic mass is 10.0. The average Bonchev–Trinajstić information content (AvgIpc) is 3.13. The van der Waals surface area contributed by atoms with E-state index in [0.717, 1.165) is 0 Å². The SMILES string of the molecule is CCCCCCCCCCCCCCCC[n+]1ccn(CCCCCC)c1CCC. The quantitative estimate of drug-likeness (QED) is 0.131. The van der Waals surface area contributed by atoms with Crippen molar-refractivity contribution in [3.8, 4) is 0 Å². The topological polar surface area (TPSA) is 8.81 Å². The Morgan fingerprint density at radius 2 is 1.03 bits per heavy atom. The van der Waals surface area contributed by atoms with Gasteiger partial charge < -0.3 is 0 Å². The van der Waals surface area contributed by atoms with Gasteiger partial charge in [-0.2, -0.15) is 0 Å². The highest BCUT2D eigenvalue weighted by molar-refractivity contribution is 4.84. The van der Waals surface area contributed by atoms with E-state index in [1.54, 1.807) is 5.82 Å². The van der Waals surface area contributed by atoms with Crippen molar-refractivity contribution in [2.24, 2.45) is 0 Å². The largest absolute Gasteiger partial charge is 0.256 e. The molecule has 2 heteroatoms. The predicted octanol–water partition coefficient (Wildman–Crippen LogP) is 8.79. The summed E-state index contributed by atoms with van der Waals surface area (Å²) in [5.41, 5.74) is 0. The normalized spacial score (nSPS) is 11.4. The molecule has 176 valence electrons. The third-order valence-corrected chi connectivity index (χ3v) is 6.57. The first kappa shape index (κ1) is 27.2. The smallest absolute Gasteiger partial charge is 0.234 e. The molecule has 1 aromatic rings. The van der Waals surface area contributed by atoms with E-state index in [4.69, 9.17) is 0 Å². The van der Waals surface area contributed by atoms with Crippen LogP contribution in [0.3, 0.4) is 0 Å². The van der Waals surface area contributed by atoms with Gasteiger partial charge in [-0.1, -0.05) is 111 Å². The first-order valence-electron chi connectivity index (χ1n) is 13.9. The second kappa shape index (κ2) is 20.1. The summed E-state index contributed by atoms with van der Waals surface area (Å²) in [6.45, 7) is 9.33. The fourth-order valence-electron chi connectivity index (χ4n) is 4.60. The van der Waals surface area contributed by atoms with E-state index >= 15 is 0 Å². The Hall–Kier alpha value is -0.790. The molecule has 2 nitrogen and oxygen atoms in total. The van der Waals surface area contributed by atoms with Crippen LogP contribution < -0.4 is 4.57 Å². The maximum Gasteiger partial charge on any atom is 0.256 e. The Morgan fingerprint density at radius 3 is 1.53 bits per heavy atom. The van der Waals surface area contributed by atoms with Crippen LogP contribution in [0.5, 0.6) is 0 Å². The van der Waals surface area contributed by atoms with Gasteiger partial charge in [0.05, 0.1) is 13.1 Å². The molecular weight excluding hydrogens is 364 g/mol. The molecule has 0 fully saturated rings. The highest BCUT2D eigenvalue weighted by Crippen LogP contribution is 2.13. The first-order chi connectivity index (χ1) is 14.8. The van der Waals surface area contributed by atoms with Gasteiger partial charge in [-0.3, -0.25) is 0 Å². The Kier molecular flexibility index (Phi) is 18.3. The van der Waals surface area contributed by atoms with Gasteiger partial charge in [0.1, 0.15) is 12.4 Å². The van der Waals surface area contributed by atoms with Crippen molar-refractivity contribution in [3.05, 3.63) is 18.2 Å². The summed E-state index contributed by atoms with van der Waals surface area (Å²) in [7, 11) is 0. The lowest BCUT2D eigenvalue weighted by Gasteiger charge is -2.05. The Morgan fingerprint density at radius 1 is 0.567 bits per heavy atom. The molecule has 0 spiro atoms. The minimum Gasteiger partial charge on any atom is -0.234 e. The highest BCUT2D eigenvalue weighted by atomic mass is 15.1. The zero-order valence-corrected chi connectivity index (χ0v) is 21.1. The Labute approximate surface area is 189 Å². The third kappa shape index (κ3) is 13.5. The van der Waals surface area contributed by atoms with Gasteiger partial charge in [0.2, 0.25) is 0 Å². The second-order valence-corrected chi connectivity index (χ2v) is 9.51. The zero-order chi connectivity index (χ0) is 21.7. The fraction of sp³-hybridized carbons (Fsp3) is 0.893. The van der Waals surface area contributed by atoms with Crippen LogP contribution in [0.15, 0.2) is 12.4 Å². The molecule has 1 aromatic heterocycles. The summed E-state index contributed by atoms with van der Waals surface area (Å²) >= 11 is 0. The molecule has 1 rings (SSSR count). The summed E-state index contributed by atoms with van der Waals surface area (Å²) in [6, 6.07) is 0. The monoisotopic (exact) mass is 419 g/mol. The molecule has 0 saturated heterocycles. The molecule has 1 heterocycles. The van der Waals surface area contributed by atoms with Crippen molar-refractivity contribution in [1.82, 2.24) is 4.57 Å². The summed E-state index contributed by atoms with van der Waals surface area (Å²) in [6.07, 6.45) is 32.7. The molecule has 0 aliphatic carbocycles.